The first-order valence-electron chi connectivity index (χ1n) is 6.17. The minimum Gasteiger partial charge on any atom is -0.436 e. The molecule has 0 fully saturated rings. The van der Waals surface area contributed by atoms with Gasteiger partial charge in [0, 0.05) is 19.4 Å². The Morgan fingerprint density at radius 2 is 2.00 bits per heavy atom. The van der Waals surface area contributed by atoms with E-state index in [2.05, 4.69) is 5.10 Å². The van der Waals surface area contributed by atoms with Crippen LogP contribution < -0.4 is 10.2 Å². The average Bonchev–Trinajstić information content (AvgIpc) is 2.71. The number of halogens is 4. The van der Waals surface area contributed by atoms with Crippen LogP contribution in [-0.2, 0) is 23.1 Å². The molecule has 0 atom stereocenters. The van der Waals surface area contributed by atoms with Gasteiger partial charge in [-0.05, 0) is 12.1 Å². The lowest BCUT2D eigenvalue weighted by atomic mass is 10.1. The van der Waals surface area contributed by atoms with Crippen LogP contribution in [0.5, 0.6) is 11.6 Å². The fourth-order valence-electron chi connectivity index (χ4n) is 1.97. The largest absolute Gasteiger partial charge is 0.436 e. The first-order chi connectivity index (χ1) is 10.9. The Hall–Kier alpha value is -1.98. The van der Waals surface area contributed by atoms with Crippen LogP contribution in [-0.4, -0.2) is 29.7 Å². The van der Waals surface area contributed by atoms with Gasteiger partial charge in [0.05, 0.1) is 11.3 Å². The second-order valence-electron chi connectivity index (χ2n) is 4.74. The van der Waals surface area contributed by atoms with Gasteiger partial charge in [0.25, 0.3) is 5.88 Å². The molecule has 12 heteroatoms. The average molecular weight is 386 g/mol. The molecule has 0 saturated carbocycles. The van der Waals surface area contributed by atoms with Gasteiger partial charge in [-0.15, -0.1) is 5.10 Å². The van der Waals surface area contributed by atoms with E-state index in [0.717, 1.165) is 23.1 Å². The fraction of sp³-hybridized carbons (Fsp3) is 0.250. The molecule has 0 saturated heterocycles. The van der Waals surface area contributed by atoms with E-state index in [1.165, 1.54) is 12.5 Å². The number of benzene rings is 1. The lowest BCUT2D eigenvalue weighted by Gasteiger charge is -2.13. The van der Waals surface area contributed by atoms with Gasteiger partial charge in [-0.1, -0.05) is 11.6 Å². The molecule has 24 heavy (non-hydrogen) atoms. The Balaban J connectivity index is 2.43. The van der Waals surface area contributed by atoms with Gasteiger partial charge in [-0.3, -0.25) is 15.4 Å². The van der Waals surface area contributed by atoms with Crippen LogP contribution in [0.15, 0.2) is 23.2 Å². The standard InChI is InChI=1S/C12H11ClF3N3O4S/c1-19-11(24(2,21)22)9(13)10(17-19)23-6-3-4-7(12(14,15)16)8(5-6)18-20/h3-5,18,20H,1-2H3. The summed E-state index contributed by atoms with van der Waals surface area (Å²) in [5.74, 6) is -0.442. The number of aryl methyl sites for hydroxylation is 1. The highest BCUT2D eigenvalue weighted by Crippen LogP contribution is 2.39. The summed E-state index contributed by atoms with van der Waals surface area (Å²) in [6, 6.07) is 2.53. The van der Waals surface area contributed by atoms with Crippen molar-refractivity contribution in [2.24, 2.45) is 7.05 Å². The number of sulfone groups is 1. The first-order valence-corrected chi connectivity index (χ1v) is 8.44. The molecular weight excluding hydrogens is 375 g/mol. The van der Waals surface area contributed by atoms with Crippen LogP contribution >= 0.6 is 11.6 Å². The highest BCUT2D eigenvalue weighted by atomic mass is 35.5. The zero-order valence-corrected chi connectivity index (χ0v) is 13.8. The smallest absolute Gasteiger partial charge is 0.418 e. The zero-order chi connectivity index (χ0) is 18.3. The van der Waals surface area contributed by atoms with Crippen molar-refractivity contribution >= 4 is 27.1 Å². The van der Waals surface area contributed by atoms with Crippen molar-refractivity contribution in [3.8, 4) is 11.6 Å². The molecule has 7 nitrogen and oxygen atoms in total. The quantitative estimate of drug-likeness (QED) is 0.785. The predicted octanol–water partition coefficient (Wildman–Crippen LogP) is 3.09. The Kier molecular flexibility index (Phi) is 4.70. The molecule has 0 radical (unpaired) electrons. The zero-order valence-electron chi connectivity index (χ0n) is 12.2. The molecule has 0 spiro atoms. The highest BCUT2D eigenvalue weighted by molar-refractivity contribution is 7.90. The van der Waals surface area contributed by atoms with Crippen molar-refractivity contribution in [3.05, 3.63) is 28.8 Å². The normalized spacial score (nSPS) is 12.3. The molecule has 2 N–H and O–H groups in total. The van der Waals surface area contributed by atoms with Crippen LogP contribution in [0.3, 0.4) is 0 Å². The lowest BCUT2D eigenvalue weighted by Crippen LogP contribution is -2.09. The van der Waals surface area contributed by atoms with E-state index in [1.54, 1.807) is 0 Å². The fourth-order valence-corrected chi connectivity index (χ4v) is 3.52. The van der Waals surface area contributed by atoms with Crippen molar-refractivity contribution < 1.29 is 31.5 Å². The van der Waals surface area contributed by atoms with Crippen molar-refractivity contribution in [2.45, 2.75) is 11.2 Å². The SMILES string of the molecule is Cn1nc(Oc2ccc(C(F)(F)F)c(NO)c2)c(Cl)c1S(C)(=O)=O. The number of hydrogen-bond acceptors (Lipinski definition) is 6. The van der Waals surface area contributed by atoms with E-state index in [-0.39, 0.29) is 21.7 Å². The summed E-state index contributed by atoms with van der Waals surface area (Å²) >= 11 is 5.91. The molecule has 0 aliphatic carbocycles. The lowest BCUT2D eigenvalue weighted by molar-refractivity contribution is -0.137. The number of rotatable bonds is 4. The maximum absolute atomic E-state index is 12.8. The maximum Gasteiger partial charge on any atom is 0.418 e. The Bertz CT molecular complexity index is 880. The van der Waals surface area contributed by atoms with Gasteiger partial charge in [0.1, 0.15) is 10.8 Å². The molecular formula is C12H11ClF3N3O4S. The third kappa shape index (κ3) is 3.57. The number of nitrogens with one attached hydrogen (secondary N) is 1. The summed E-state index contributed by atoms with van der Waals surface area (Å²) in [5, 5.41) is 12.0. The molecule has 0 amide bonds. The summed E-state index contributed by atoms with van der Waals surface area (Å²) in [6.45, 7) is 0. The molecule has 2 rings (SSSR count). The Morgan fingerprint density at radius 3 is 2.46 bits per heavy atom. The molecule has 1 aromatic heterocycles. The maximum atomic E-state index is 12.8. The van der Waals surface area contributed by atoms with Crippen LogP contribution in [0.1, 0.15) is 5.56 Å². The van der Waals surface area contributed by atoms with E-state index in [1.807, 2.05) is 0 Å². The van der Waals surface area contributed by atoms with Crippen molar-refractivity contribution in [1.82, 2.24) is 9.78 Å². The van der Waals surface area contributed by atoms with Crippen LogP contribution in [0, 0.1) is 0 Å². The van der Waals surface area contributed by atoms with Crippen LogP contribution in [0.25, 0.3) is 0 Å². The molecule has 2 aromatic rings. The Morgan fingerprint density at radius 1 is 1.38 bits per heavy atom. The molecule has 0 bridgehead atoms. The minimum absolute atomic E-state index is 0.139. The van der Waals surface area contributed by atoms with Crippen LogP contribution in [0.4, 0.5) is 18.9 Å². The number of aromatic nitrogens is 2. The van der Waals surface area contributed by atoms with E-state index < -0.39 is 27.3 Å². The van der Waals surface area contributed by atoms with Crippen molar-refractivity contribution in [2.75, 3.05) is 11.7 Å². The number of alkyl halides is 3. The molecule has 132 valence electrons. The second kappa shape index (κ2) is 6.15. The summed E-state index contributed by atoms with van der Waals surface area (Å²) in [5.41, 5.74) is -0.324. The molecule has 1 heterocycles. The highest BCUT2D eigenvalue weighted by Gasteiger charge is 2.34. The number of hydrogen-bond donors (Lipinski definition) is 2. The molecule has 0 aliphatic heterocycles. The van der Waals surface area contributed by atoms with Gasteiger partial charge in [-0.25, -0.2) is 8.42 Å². The second-order valence-corrected chi connectivity index (χ2v) is 7.05. The third-order valence-electron chi connectivity index (χ3n) is 2.89. The molecule has 0 unspecified atom stereocenters. The Labute approximate surface area is 139 Å². The van der Waals surface area contributed by atoms with Crippen molar-refractivity contribution in [1.29, 1.82) is 0 Å². The van der Waals surface area contributed by atoms with Crippen LogP contribution in [0.2, 0.25) is 5.02 Å². The summed E-state index contributed by atoms with van der Waals surface area (Å²) in [7, 11) is -2.37. The van der Waals surface area contributed by atoms with E-state index in [9.17, 15) is 21.6 Å². The summed E-state index contributed by atoms with van der Waals surface area (Å²) in [6.07, 6.45) is -3.76. The molecule has 0 aliphatic rings. The summed E-state index contributed by atoms with van der Waals surface area (Å²) in [4.78, 5) is 0. The van der Waals surface area contributed by atoms with Gasteiger partial charge in [-0.2, -0.15) is 13.2 Å². The van der Waals surface area contributed by atoms with E-state index in [4.69, 9.17) is 21.5 Å². The van der Waals surface area contributed by atoms with E-state index in [0.29, 0.717) is 6.07 Å². The number of ether oxygens (including phenoxy) is 1. The van der Waals surface area contributed by atoms with E-state index >= 15 is 0 Å². The van der Waals surface area contributed by atoms with Gasteiger partial charge < -0.3 is 4.74 Å². The minimum atomic E-state index is -4.68. The summed E-state index contributed by atoms with van der Waals surface area (Å²) < 4.78 is 67.7. The monoisotopic (exact) mass is 385 g/mol. The van der Waals surface area contributed by atoms with Crippen molar-refractivity contribution in [3.63, 3.8) is 0 Å². The predicted molar refractivity (Wildman–Crippen MR) is 78.3 cm³/mol. The third-order valence-corrected chi connectivity index (χ3v) is 4.52. The van der Waals surface area contributed by atoms with Gasteiger partial charge >= 0.3 is 6.18 Å². The topological polar surface area (TPSA) is 93.4 Å². The van der Waals surface area contributed by atoms with Gasteiger partial charge in [0.15, 0.2) is 14.9 Å². The number of anilines is 1. The molecule has 1 aromatic carbocycles. The number of nitrogens with zero attached hydrogens (tertiary/aromatic N) is 2. The van der Waals surface area contributed by atoms with Gasteiger partial charge in [0.2, 0.25) is 0 Å². The first kappa shape index (κ1) is 18.4.